The maximum atomic E-state index is 6.63. The molecule has 0 amide bonds. The average Bonchev–Trinajstić information content (AvgIpc) is 3.63. The lowest BCUT2D eigenvalue weighted by Gasteiger charge is -2.35. The van der Waals surface area contributed by atoms with Gasteiger partial charge in [0.25, 0.3) is 0 Å². The predicted molar refractivity (Wildman–Crippen MR) is 233 cm³/mol. The normalized spacial score (nSPS) is 13.7. The number of para-hydroxylation sites is 4. The quantitative estimate of drug-likeness (QED) is 0.174. The summed E-state index contributed by atoms with van der Waals surface area (Å²) in [6, 6.07) is 62.8. The van der Waals surface area contributed by atoms with E-state index < -0.39 is 0 Å². The number of hydrogen-bond acceptors (Lipinski definition) is 5. The molecule has 56 heavy (non-hydrogen) atoms. The first-order valence-electron chi connectivity index (χ1n) is 18.9. The number of hydrogen-bond donors (Lipinski definition) is 0. The second-order valence-electron chi connectivity index (χ2n) is 14.9. The van der Waals surface area contributed by atoms with Crippen LogP contribution in [0.4, 0.5) is 17.1 Å². The highest BCUT2D eigenvalue weighted by Gasteiger charge is 2.34. The summed E-state index contributed by atoms with van der Waals surface area (Å²) in [4.78, 5) is 7.23. The van der Waals surface area contributed by atoms with Gasteiger partial charge in [0, 0.05) is 42.9 Å². The van der Waals surface area contributed by atoms with Crippen LogP contribution in [-0.2, 0) is 5.41 Å². The summed E-state index contributed by atoms with van der Waals surface area (Å²) in [6.45, 7) is 4.69. The van der Waals surface area contributed by atoms with Gasteiger partial charge in [-0.3, -0.25) is 0 Å². The van der Waals surface area contributed by atoms with E-state index in [9.17, 15) is 0 Å². The summed E-state index contributed by atoms with van der Waals surface area (Å²) >= 11 is 3.64. The zero-order valence-electron chi connectivity index (χ0n) is 30.8. The van der Waals surface area contributed by atoms with Crippen LogP contribution in [0.15, 0.2) is 200 Å². The molecule has 0 saturated carbocycles. The highest BCUT2D eigenvalue weighted by molar-refractivity contribution is 8.00. The number of rotatable bonds is 5. The van der Waals surface area contributed by atoms with Crippen LogP contribution in [0, 0.1) is 0 Å². The summed E-state index contributed by atoms with van der Waals surface area (Å²) in [5.74, 6) is 1.79. The Morgan fingerprint density at radius 2 is 1.09 bits per heavy atom. The topological polar surface area (TPSA) is 25.6 Å². The molecule has 0 spiro atoms. The van der Waals surface area contributed by atoms with E-state index >= 15 is 0 Å². The molecular weight excluding hydrogens is 723 g/mol. The average molecular weight is 758 g/mol. The van der Waals surface area contributed by atoms with Gasteiger partial charge >= 0.3 is 0 Å². The van der Waals surface area contributed by atoms with Crippen LogP contribution in [0.3, 0.4) is 0 Å². The monoisotopic (exact) mass is 757 g/mol. The Kier molecular flexibility index (Phi) is 7.70. The van der Waals surface area contributed by atoms with Crippen LogP contribution in [0.1, 0.15) is 25.0 Å². The SMILES string of the molecule is CC1(C)c2ccccc2Sc2c(-c3ccc(N(c4ccc(-c5cccc6c5Oc5ccccc5S6)cc4)c4cccc5c4oc4ccccc45)cc3)cccc21. The van der Waals surface area contributed by atoms with Gasteiger partial charge in [-0.25, -0.2) is 0 Å². The van der Waals surface area contributed by atoms with Crippen LogP contribution in [0.5, 0.6) is 11.5 Å². The van der Waals surface area contributed by atoms with Crippen molar-refractivity contribution >= 4 is 62.5 Å². The molecular formula is C51H35NO2S2. The first-order chi connectivity index (χ1) is 27.5. The first-order valence-corrected chi connectivity index (χ1v) is 20.5. The van der Waals surface area contributed by atoms with E-state index in [-0.39, 0.29) is 5.41 Å². The van der Waals surface area contributed by atoms with Crippen molar-refractivity contribution in [2.24, 2.45) is 0 Å². The summed E-state index contributed by atoms with van der Waals surface area (Å²) in [5, 5.41) is 2.21. The molecule has 0 unspecified atom stereocenters. The molecule has 0 saturated heterocycles. The van der Waals surface area contributed by atoms with Crippen molar-refractivity contribution in [2.45, 2.75) is 38.8 Å². The largest absolute Gasteiger partial charge is 0.454 e. The van der Waals surface area contributed by atoms with Crippen LogP contribution >= 0.6 is 23.5 Å². The fourth-order valence-corrected chi connectivity index (χ4v) is 10.9. The van der Waals surface area contributed by atoms with Crippen molar-refractivity contribution < 1.29 is 9.15 Å². The van der Waals surface area contributed by atoms with Crippen molar-refractivity contribution in [1.82, 2.24) is 0 Å². The van der Waals surface area contributed by atoms with E-state index in [1.54, 1.807) is 11.8 Å². The smallest absolute Gasteiger partial charge is 0.159 e. The third kappa shape index (κ3) is 5.30. The Morgan fingerprint density at radius 3 is 1.91 bits per heavy atom. The molecule has 0 bridgehead atoms. The zero-order valence-corrected chi connectivity index (χ0v) is 32.5. The molecule has 268 valence electrons. The van der Waals surface area contributed by atoms with Crippen molar-refractivity contribution in [3.8, 4) is 33.8 Å². The highest BCUT2D eigenvalue weighted by atomic mass is 32.2. The van der Waals surface area contributed by atoms with Gasteiger partial charge in [0.2, 0.25) is 0 Å². The summed E-state index contributed by atoms with van der Waals surface area (Å²) in [7, 11) is 0. The number of furan rings is 1. The molecule has 0 fully saturated rings. The number of benzene rings is 8. The van der Waals surface area contributed by atoms with E-state index in [0.29, 0.717) is 0 Å². The van der Waals surface area contributed by atoms with E-state index in [4.69, 9.17) is 9.15 Å². The number of nitrogens with zero attached hydrogens (tertiary/aromatic N) is 1. The molecule has 0 atom stereocenters. The number of anilines is 3. The maximum absolute atomic E-state index is 6.63. The molecule has 0 aliphatic carbocycles. The lowest BCUT2D eigenvalue weighted by Crippen LogP contribution is -2.23. The maximum Gasteiger partial charge on any atom is 0.159 e. The van der Waals surface area contributed by atoms with Gasteiger partial charge in [-0.05, 0) is 88.5 Å². The van der Waals surface area contributed by atoms with Gasteiger partial charge < -0.3 is 14.1 Å². The van der Waals surface area contributed by atoms with Crippen molar-refractivity contribution in [3.05, 3.63) is 187 Å². The van der Waals surface area contributed by atoms with E-state index in [2.05, 4.69) is 170 Å². The van der Waals surface area contributed by atoms with Gasteiger partial charge in [-0.1, -0.05) is 153 Å². The van der Waals surface area contributed by atoms with Crippen molar-refractivity contribution in [3.63, 3.8) is 0 Å². The molecule has 9 aromatic rings. The minimum Gasteiger partial charge on any atom is -0.454 e. The minimum atomic E-state index is -0.0874. The van der Waals surface area contributed by atoms with Crippen molar-refractivity contribution in [1.29, 1.82) is 0 Å². The molecule has 5 heteroatoms. The molecule has 1 aromatic heterocycles. The molecule has 2 aliphatic rings. The molecule has 11 rings (SSSR count). The Bertz CT molecular complexity index is 2980. The van der Waals surface area contributed by atoms with Gasteiger partial charge in [-0.15, -0.1) is 0 Å². The van der Waals surface area contributed by atoms with Gasteiger partial charge in [0.15, 0.2) is 5.58 Å². The summed E-state index contributed by atoms with van der Waals surface area (Å²) < 4.78 is 13.2. The Hall–Kier alpha value is -6.14. The Balaban J connectivity index is 1.02. The van der Waals surface area contributed by atoms with E-state index in [1.807, 2.05) is 36.0 Å². The van der Waals surface area contributed by atoms with Crippen LogP contribution in [-0.4, -0.2) is 0 Å². The van der Waals surface area contributed by atoms with Crippen molar-refractivity contribution in [2.75, 3.05) is 4.90 Å². The number of fused-ring (bicyclic) bond motifs is 7. The van der Waals surface area contributed by atoms with Crippen LogP contribution < -0.4 is 9.64 Å². The lowest BCUT2D eigenvalue weighted by molar-refractivity contribution is 0.456. The van der Waals surface area contributed by atoms with Crippen LogP contribution in [0.25, 0.3) is 44.2 Å². The molecule has 0 radical (unpaired) electrons. The minimum absolute atomic E-state index is 0.0874. The first kappa shape index (κ1) is 33.2. The zero-order chi connectivity index (χ0) is 37.4. The van der Waals surface area contributed by atoms with Crippen LogP contribution in [0.2, 0.25) is 0 Å². The lowest BCUT2D eigenvalue weighted by atomic mass is 9.77. The summed E-state index contributed by atoms with van der Waals surface area (Å²) in [5.41, 5.74) is 12.1. The van der Waals surface area contributed by atoms with E-state index in [0.717, 1.165) is 71.4 Å². The Labute approximate surface area is 334 Å². The molecule has 8 aromatic carbocycles. The highest BCUT2D eigenvalue weighted by Crippen LogP contribution is 2.53. The Morgan fingerprint density at radius 1 is 0.482 bits per heavy atom. The molecule has 0 N–H and O–H groups in total. The number of ether oxygens (including phenoxy) is 1. The second kappa shape index (κ2) is 13.0. The third-order valence-electron chi connectivity index (χ3n) is 11.2. The second-order valence-corrected chi connectivity index (χ2v) is 17.0. The van der Waals surface area contributed by atoms with Gasteiger partial charge in [0.05, 0.1) is 15.5 Å². The molecule has 3 nitrogen and oxygen atoms in total. The van der Waals surface area contributed by atoms with Gasteiger partial charge in [0.1, 0.15) is 17.1 Å². The fraction of sp³-hybridized carbons (Fsp3) is 0.0588. The third-order valence-corrected chi connectivity index (χ3v) is 13.5. The standard InChI is InChI=1S/C51H35NO2S2/c1-51(2)40-16-4-7-21-45(40)56-50-37(14-9-17-41(50)51)33-26-30-35(31-27-33)52(42-18-10-15-39-38-12-3-5-19-43(38)53-48(39)42)34-28-24-32(25-29-34)36-13-11-23-47-49(36)54-44-20-6-8-22-46(44)55-47/h3-31H,1-2H3. The van der Waals surface area contributed by atoms with E-state index in [1.165, 1.54) is 32.0 Å². The molecule has 2 aliphatic heterocycles. The molecule has 3 heterocycles. The predicted octanol–water partition coefficient (Wildman–Crippen LogP) is 15.4. The van der Waals surface area contributed by atoms with Gasteiger partial charge in [-0.2, -0.15) is 0 Å². The fourth-order valence-electron chi connectivity index (χ4n) is 8.39. The summed E-state index contributed by atoms with van der Waals surface area (Å²) in [6.07, 6.45) is 0.